The maximum Gasteiger partial charge on any atom is 0.125 e. The summed E-state index contributed by atoms with van der Waals surface area (Å²) >= 11 is 4.17. The Balaban J connectivity index is 3.17. The van der Waals surface area contributed by atoms with Gasteiger partial charge in [0.1, 0.15) is 5.82 Å². The van der Waals surface area contributed by atoms with Crippen molar-refractivity contribution in [2.75, 3.05) is 0 Å². The molecule has 0 spiro atoms. The topological polar surface area (TPSA) is 0 Å². The fourth-order valence-corrected chi connectivity index (χ4v) is 2.38. The molecule has 0 N–H and O–H groups in total. The SMILES string of the molecule is Fc1cc(I)cc(I)c1. The van der Waals surface area contributed by atoms with E-state index in [4.69, 9.17) is 0 Å². The Morgan fingerprint density at radius 1 is 1.00 bits per heavy atom. The second-order valence-electron chi connectivity index (χ2n) is 1.59. The van der Waals surface area contributed by atoms with Gasteiger partial charge in [-0.25, -0.2) is 4.39 Å². The van der Waals surface area contributed by atoms with Gasteiger partial charge in [0.2, 0.25) is 0 Å². The van der Waals surface area contributed by atoms with Crippen LogP contribution in [0.15, 0.2) is 18.2 Å². The summed E-state index contributed by atoms with van der Waals surface area (Å²) in [6, 6.07) is 4.93. The molecule has 0 nitrogen and oxygen atoms in total. The maximum absolute atomic E-state index is 12.4. The minimum atomic E-state index is -0.161. The van der Waals surface area contributed by atoms with E-state index in [2.05, 4.69) is 45.2 Å². The Morgan fingerprint density at radius 3 is 1.78 bits per heavy atom. The van der Waals surface area contributed by atoms with Crippen LogP contribution in [0.5, 0.6) is 0 Å². The second-order valence-corrected chi connectivity index (χ2v) is 4.08. The first-order chi connectivity index (χ1) is 4.18. The molecule has 1 aromatic rings. The van der Waals surface area contributed by atoms with Crippen LogP contribution in [0.2, 0.25) is 0 Å². The molecule has 1 aromatic carbocycles. The third-order valence-corrected chi connectivity index (χ3v) is 2.07. The summed E-state index contributed by atoms with van der Waals surface area (Å²) in [7, 11) is 0. The van der Waals surface area contributed by atoms with Gasteiger partial charge in [-0.05, 0) is 63.4 Å². The van der Waals surface area contributed by atoms with E-state index < -0.39 is 0 Å². The van der Waals surface area contributed by atoms with E-state index in [-0.39, 0.29) is 5.82 Å². The van der Waals surface area contributed by atoms with E-state index in [0.29, 0.717) is 0 Å². The third kappa shape index (κ3) is 2.37. The Kier molecular flexibility index (Phi) is 2.69. The van der Waals surface area contributed by atoms with Crippen molar-refractivity contribution in [2.24, 2.45) is 0 Å². The fraction of sp³-hybridized carbons (Fsp3) is 0. The second kappa shape index (κ2) is 3.14. The van der Waals surface area contributed by atoms with Gasteiger partial charge in [-0.15, -0.1) is 0 Å². The van der Waals surface area contributed by atoms with Crippen molar-refractivity contribution in [1.82, 2.24) is 0 Å². The van der Waals surface area contributed by atoms with Gasteiger partial charge in [-0.2, -0.15) is 0 Å². The molecule has 0 aromatic heterocycles. The lowest BCUT2D eigenvalue weighted by Crippen LogP contribution is -1.78. The van der Waals surface area contributed by atoms with E-state index in [0.717, 1.165) is 7.14 Å². The van der Waals surface area contributed by atoms with Gasteiger partial charge in [0.05, 0.1) is 0 Å². The third-order valence-electron chi connectivity index (χ3n) is 0.827. The highest BCUT2D eigenvalue weighted by Crippen LogP contribution is 2.12. The van der Waals surface area contributed by atoms with Gasteiger partial charge < -0.3 is 0 Å². The summed E-state index contributed by atoms with van der Waals surface area (Å²) in [4.78, 5) is 0. The highest BCUT2D eigenvalue weighted by Gasteiger charge is 1.93. The lowest BCUT2D eigenvalue weighted by molar-refractivity contribution is 0.626. The molecular weight excluding hydrogens is 345 g/mol. The molecule has 9 heavy (non-hydrogen) atoms. The van der Waals surface area contributed by atoms with Gasteiger partial charge in [0, 0.05) is 7.14 Å². The van der Waals surface area contributed by atoms with Gasteiger partial charge in [0.15, 0.2) is 0 Å². The molecule has 0 unspecified atom stereocenters. The summed E-state index contributed by atoms with van der Waals surface area (Å²) in [5.41, 5.74) is 0. The Morgan fingerprint density at radius 2 is 1.44 bits per heavy atom. The standard InChI is InChI=1S/C6H3FI2/c7-4-1-5(8)3-6(9)2-4/h1-3H. The number of halogens is 3. The average Bonchev–Trinajstić information content (AvgIpc) is 1.59. The fourth-order valence-electron chi connectivity index (χ4n) is 0.520. The van der Waals surface area contributed by atoms with Gasteiger partial charge in [-0.1, -0.05) is 0 Å². The molecule has 0 amide bonds. The molecule has 48 valence electrons. The molecule has 0 radical (unpaired) electrons. The summed E-state index contributed by atoms with van der Waals surface area (Å²) < 4.78 is 14.3. The van der Waals surface area contributed by atoms with Crippen LogP contribution in [0.4, 0.5) is 4.39 Å². The molecular formula is C6H3FI2. The molecule has 0 bridgehead atoms. The molecule has 0 aliphatic heterocycles. The lowest BCUT2D eigenvalue weighted by atomic mass is 10.4. The molecule has 0 saturated carbocycles. The van der Waals surface area contributed by atoms with Crippen LogP contribution in [0.1, 0.15) is 0 Å². The van der Waals surface area contributed by atoms with Crippen LogP contribution in [0, 0.1) is 13.0 Å². The van der Waals surface area contributed by atoms with E-state index in [1.807, 2.05) is 6.07 Å². The largest absolute Gasteiger partial charge is 0.207 e. The average molecular weight is 348 g/mol. The highest BCUT2D eigenvalue weighted by atomic mass is 127. The van der Waals surface area contributed by atoms with Crippen molar-refractivity contribution in [2.45, 2.75) is 0 Å². The Hall–Kier alpha value is 0.610. The zero-order valence-corrected chi connectivity index (χ0v) is 8.68. The molecule has 3 heteroatoms. The molecule has 0 aliphatic rings. The predicted molar refractivity (Wildman–Crippen MR) is 51.8 cm³/mol. The first kappa shape index (κ1) is 7.71. The molecule has 0 aliphatic carbocycles. The van der Waals surface area contributed by atoms with Crippen LogP contribution in [-0.4, -0.2) is 0 Å². The van der Waals surface area contributed by atoms with Crippen molar-refractivity contribution in [3.8, 4) is 0 Å². The molecule has 0 saturated heterocycles. The zero-order chi connectivity index (χ0) is 6.85. The summed E-state index contributed by atoms with van der Waals surface area (Å²) in [6.45, 7) is 0. The molecule has 0 atom stereocenters. The smallest absolute Gasteiger partial charge is 0.125 e. The van der Waals surface area contributed by atoms with Crippen molar-refractivity contribution in [3.63, 3.8) is 0 Å². The van der Waals surface area contributed by atoms with Crippen molar-refractivity contribution >= 4 is 45.2 Å². The normalized spacial score (nSPS) is 9.67. The summed E-state index contributed by atoms with van der Waals surface area (Å²) in [5, 5.41) is 0. The number of rotatable bonds is 0. The minimum Gasteiger partial charge on any atom is -0.207 e. The Labute approximate surface area is 80.1 Å². The van der Waals surface area contributed by atoms with Crippen molar-refractivity contribution in [3.05, 3.63) is 31.2 Å². The van der Waals surface area contributed by atoms with E-state index in [9.17, 15) is 4.39 Å². The van der Waals surface area contributed by atoms with Gasteiger partial charge in [0.25, 0.3) is 0 Å². The van der Waals surface area contributed by atoms with Crippen molar-refractivity contribution < 1.29 is 4.39 Å². The van der Waals surface area contributed by atoms with Crippen LogP contribution in [0.25, 0.3) is 0 Å². The van der Waals surface area contributed by atoms with Gasteiger partial charge >= 0.3 is 0 Å². The number of hydrogen-bond acceptors (Lipinski definition) is 0. The number of hydrogen-bond donors (Lipinski definition) is 0. The lowest BCUT2D eigenvalue weighted by Gasteiger charge is -1.91. The van der Waals surface area contributed by atoms with Crippen LogP contribution < -0.4 is 0 Å². The molecule has 1 rings (SSSR count). The van der Waals surface area contributed by atoms with Crippen LogP contribution >= 0.6 is 45.2 Å². The maximum atomic E-state index is 12.4. The molecule has 0 heterocycles. The van der Waals surface area contributed by atoms with Gasteiger partial charge in [-0.3, -0.25) is 0 Å². The Bertz CT molecular complexity index is 172. The van der Waals surface area contributed by atoms with E-state index >= 15 is 0 Å². The van der Waals surface area contributed by atoms with Crippen molar-refractivity contribution in [1.29, 1.82) is 0 Å². The highest BCUT2D eigenvalue weighted by molar-refractivity contribution is 14.1. The zero-order valence-electron chi connectivity index (χ0n) is 4.37. The van der Waals surface area contributed by atoms with E-state index in [1.54, 1.807) is 0 Å². The monoisotopic (exact) mass is 348 g/mol. The molecule has 0 fully saturated rings. The number of benzene rings is 1. The minimum absolute atomic E-state index is 0.161. The summed E-state index contributed by atoms with van der Waals surface area (Å²) in [6.07, 6.45) is 0. The van der Waals surface area contributed by atoms with Crippen LogP contribution in [0.3, 0.4) is 0 Å². The first-order valence-electron chi connectivity index (χ1n) is 2.30. The van der Waals surface area contributed by atoms with Crippen LogP contribution in [-0.2, 0) is 0 Å². The first-order valence-corrected chi connectivity index (χ1v) is 4.46. The van der Waals surface area contributed by atoms with E-state index in [1.165, 1.54) is 12.1 Å². The summed E-state index contributed by atoms with van der Waals surface area (Å²) in [5.74, 6) is -0.161. The predicted octanol–water partition coefficient (Wildman–Crippen LogP) is 3.03. The quantitative estimate of drug-likeness (QED) is 0.633.